The molecule has 0 atom stereocenters. The first-order chi connectivity index (χ1) is 4.88. The van der Waals surface area contributed by atoms with E-state index in [0.717, 1.165) is 6.54 Å². The summed E-state index contributed by atoms with van der Waals surface area (Å²) in [6, 6.07) is 8.37. The fourth-order valence-corrected chi connectivity index (χ4v) is 1.56. The molecule has 0 aliphatic rings. The molecular formula is C8H12NS+. The molecule has 0 saturated heterocycles. The van der Waals surface area contributed by atoms with E-state index in [9.17, 15) is 0 Å². The molecule has 0 heterocycles. The molecule has 0 saturated carbocycles. The molecule has 0 amide bonds. The van der Waals surface area contributed by atoms with Crippen LogP contribution in [0, 0.1) is 0 Å². The normalized spacial score (nSPS) is 9.80. The highest BCUT2D eigenvalue weighted by atomic mass is 32.2. The first-order valence-corrected chi connectivity index (χ1v) is 4.52. The number of hydrogen-bond acceptors (Lipinski definition) is 1. The standard InChI is InChI=1S/C8H11NS/c1-10-8-5-3-2-4-7(8)6-9/h2-5H,6,9H2,1H3/p+1. The van der Waals surface area contributed by atoms with E-state index in [2.05, 4.69) is 36.3 Å². The summed E-state index contributed by atoms with van der Waals surface area (Å²) < 4.78 is 0. The summed E-state index contributed by atoms with van der Waals surface area (Å²) in [5.74, 6) is 0. The van der Waals surface area contributed by atoms with Crippen LogP contribution < -0.4 is 5.73 Å². The number of benzene rings is 1. The molecule has 0 spiro atoms. The Morgan fingerprint density at radius 1 is 1.40 bits per heavy atom. The highest BCUT2D eigenvalue weighted by Gasteiger charge is 1.96. The molecule has 0 radical (unpaired) electrons. The Bertz CT molecular complexity index is 187. The molecule has 1 aromatic rings. The van der Waals surface area contributed by atoms with Gasteiger partial charge in [0.15, 0.2) is 0 Å². The van der Waals surface area contributed by atoms with Gasteiger partial charge in [0.1, 0.15) is 6.54 Å². The van der Waals surface area contributed by atoms with Crippen LogP contribution >= 0.6 is 11.8 Å². The predicted octanol–water partition coefficient (Wildman–Crippen LogP) is 1.15. The van der Waals surface area contributed by atoms with Gasteiger partial charge in [-0.05, 0) is 12.3 Å². The molecule has 3 N–H and O–H groups in total. The van der Waals surface area contributed by atoms with Crippen LogP contribution in [0.25, 0.3) is 0 Å². The second kappa shape index (κ2) is 3.64. The van der Waals surface area contributed by atoms with Gasteiger partial charge in [0.2, 0.25) is 0 Å². The molecule has 0 aromatic heterocycles. The van der Waals surface area contributed by atoms with Crippen molar-refractivity contribution in [3.05, 3.63) is 29.8 Å². The summed E-state index contributed by atoms with van der Waals surface area (Å²) in [7, 11) is 0. The number of hydrogen-bond donors (Lipinski definition) is 1. The Morgan fingerprint density at radius 3 is 2.60 bits per heavy atom. The van der Waals surface area contributed by atoms with Gasteiger partial charge in [-0.15, -0.1) is 11.8 Å². The third-order valence-electron chi connectivity index (χ3n) is 1.46. The van der Waals surface area contributed by atoms with Crippen molar-refractivity contribution in [1.82, 2.24) is 0 Å². The van der Waals surface area contributed by atoms with Gasteiger partial charge < -0.3 is 5.73 Å². The van der Waals surface area contributed by atoms with Crippen LogP contribution in [0.1, 0.15) is 5.56 Å². The van der Waals surface area contributed by atoms with Crippen LogP contribution in [0.2, 0.25) is 0 Å². The monoisotopic (exact) mass is 154 g/mol. The van der Waals surface area contributed by atoms with Gasteiger partial charge in [-0.2, -0.15) is 0 Å². The van der Waals surface area contributed by atoms with Crippen molar-refractivity contribution in [2.75, 3.05) is 6.26 Å². The molecule has 0 aliphatic carbocycles. The fraction of sp³-hybridized carbons (Fsp3) is 0.250. The van der Waals surface area contributed by atoms with Crippen molar-refractivity contribution in [2.24, 2.45) is 0 Å². The van der Waals surface area contributed by atoms with Crippen LogP contribution in [0.5, 0.6) is 0 Å². The summed E-state index contributed by atoms with van der Waals surface area (Å²) in [5.41, 5.74) is 5.19. The number of thioether (sulfide) groups is 1. The van der Waals surface area contributed by atoms with E-state index in [1.165, 1.54) is 10.5 Å². The van der Waals surface area contributed by atoms with Crippen molar-refractivity contribution >= 4 is 11.8 Å². The Kier molecular flexibility index (Phi) is 2.78. The smallest absolute Gasteiger partial charge is 0.101 e. The molecule has 0 aliphatic heterocycles. The molecule has 10 heavy (non-hydrogen) atoms. The zero-order valence-electron chi connectivity index (χ0n) is 6.13. The second-order valence-corrected chi connectivity index (χ2v) is 2.91. The fourth-order valence-electron chi connectivity index (χ4n) is 0.910. The minimum Gasteiger partial charge on any atom is -0.354 e. The van der Waals surface area contributed by atoms with Gasteiger partial charge in [0.05, 0.1) is 0 Å². The van der Waals surface area contributed by atoms with E-state index in [4.69, 9.17) is 0 Å². The van der Waals surface area contributed by atoms with Crippen LogP contribution in [0.15, 0.2) is 29.2 Å². The average molecular weight is 154 g/mol. The molecule has 1 rings (SSSR count). The van der Waals surface area contributed by atoms with E-state index < -0.39 is 0 Å². The van der Waals surface area contributed by atoms with Crippen molar-refractivity contribution in [1.29, 1.82) is 0 Å². The van der Waals surface area contributed by atoms with Gasteiger partial charge in [0, 0.05) is 10.5 Å². The molecular weight excluding hydrogens is 142 g/mol. The van der Waals surface area contributed by atoms with Gasteiger partial charge in [-0.3, -0.25) is 0 Å². The molecule has 0 unspecified atom stereocenters. The van der Waals surface area contributed by atoms with Crippen molar-refractivity contribution < 1.29 is 5.73 Å². The summed E-state index contributed by atoms with van der Waals surface area (Å²) in [4.78, 5) is 1.34. The molecule has 1 aromatic carbocycles. The van der Waals surface area contributed by atoms with E-state index in [1.807, 2.05) is 0 Å². The highest BCUT2D eigenvalue weighted by Crippen LogP contribution is 2.18. The Morgan fingerprint density at radius 2 is 2.10 bits per heavy atom. The maximum absolute atomic E-state index is 3.85. The molecule has 2 heteroatoms. The second-order valence-electron chi connectivity index (χ2n) is 2.06. The third-order valence-corrected chi connectivity index (χ3v) is 2.30. The molecule has 1 nitrogen and oxygen atoms in total. The Hall–Kier alpha value is -0.470. The van der Waals surface area contributed by atoms with E-state index in [1.54, 1.807) is 11.8 Å². The lowest BCUT2D eigenvalue weighted by Gasteiger charge is -1.99. The largest absolute Gasteiger partial charge is 0.354 e. The van der Waals surface area contributed by atoms with Crippen LogP contribution in [0.3, 0.4) is 0 Å². The zero-order chi connectivity index (χ0) is 7.40. The van der Waals surface area contributed by atoms with Gasteiger partial charge in [-0.1, -0.05) is 18.2 Å². The van der Waals surface area contributed by atoms with Crippen molar-refractivity contribution in [2.45, 2.75) is 11.4 Å². The lowest BCUT2D eigenvalue weighted by atomic mass is 10.2. The quantitative estimate of drug-likeness (QED) is 0.636. The predicted molar refractivity (Wildman–Crippen MR) is 44.8 cm³/mol. The van der Waals surface area contributed by atoms with Gasteiger partial charge >= 0.3 is 0 Å². The zero-order valence-corrected chi connectivity index (χ0v) is 6.95. The summed E-state index contributed by atoms with van der Waals surface area (Å²) in [6.45, 7) is 0.886. The number of rotatable bonds is 2. The maximum Gasteiger partial charge on any atom is 0.101 e. The summed E-state index contributed by atoms with van der Waals surface area (Å²) >= 11 is 1.78. The number of quaternary nitrogens is 1. The lowest BCUT2D eigenvalue weighted by Crippen LogP contribution is -2.47. The molecule has 0 bridgehead atoms. The molecule has 0 fully saturated rings. The van der Waals surface area contributed by atoms with Crippen molar-refractivity contribution in [3.63, 3.8) is 0 Å². The van der Waals surface area contributed by atoms with Crippen LogP contribution in [-0.4, -0.2) is 6.26 Å². The SMILES string of the molecule is CSc1ccccc1C[NH3+]. The topological polar surface area (TPSA) is 27.6 Å². The van der Waals surface area contributed by atoms with Crippen molar-refractivity contribution in [3.8, 4) is 0 Å². The third kappa shape index (κ3) is 1.52. The highest BCUT2D eigenvalue weighted by molar-refractivity contribution is 7.98. The maximum atomic E-state index is 3.85. The molecule has 54 valence electrons. The Balaban J connectivity index is 2.96. The van der Waals surface area contributed by atoms with Crippen LogP contribution in [-0.2, 0) is 6.54 Å². The minimum atomic E-state index is 0.886. The van der Waals surface area contributed by atoms with E-state index in [0.29, 0.717) is 0 Å². The van der Waals surface area contributed by atoms with E-state index >= 15 is 0 Å². The first-order valence-electron chi connectivity index (χ1n) is 3.29. The minimum absolute atomic E-state index is 0.886. The van der Waals surface area contributed by atoms with Gasteiger partial charge in [-0.25, -0.2) is 0 Å². The lowest BCUT2D eigenvalue weighted by molar-refractivity contribution is -0.387. The summed E-state index contributed by atoms with van der Waals surface area (Å²) in [6.07, 6.45) is 2.09. The van der Waals surface area contributed by atoms with E-state index in [-0.39, 0.29) is 0 Å². The Labute approximate surface area is 65.6 Å². The average Bonchev–Trinajstić information content (AvgIpc) is 2.04. The summed E-state index contributed by atoms with van der Waals surface area (Å²) in [5, 5.41) is 0. The van der Waals surface area contributed by atoms with Crippen LogP contribution in [0.4, 0.5) is 0 Å². The van der Waals surface area contributed by atoms with Gasteiger partial charge in [0.25, 0.3) is 0 Å². The first kappa shape index (κ1) is 7.63.